The van der Waals surface area contributed by atoms with Crippen molar-refractivity contribution in [3.8, 4) is 0 Å². The minimum absolute atomic E-state index is 0.402. The van der Waals surface area contributed by atoms with E-state index in [2.05, 4.69) is 4.98 Å². The third-order valence-electron chi connectivity index (χ3n) is 1.42. The summed E-state index contributed by atoms with van der Waals surface area (Å²) in [7, 11) is 0. The van der Waals surface area contributed by atoms with Gasteiger partial charge in [-0.2, -0.15) is 0 Å². The summed E-state index contributed by atoms with van der Waals surface area (Å²) >= 11 is 0. The molecule has 2 nitrogen and oxygen atoms in total. The molecule has 1 atom stereocenters. The first-order chi connectivity index (χ1) is 4.84. The maximum atomic E-state index is 9.27. The van der Waals surface area contributed by atoms with Gasteiger partial charge in [0, 0.05) is 6.20 Å². The lowest BCUT2D eigenvalue weighted by Crippen LogP contribution is -1.96. The highest BCUT2D eigenvalue weighted by atomic mass is 16.3. The normalized spacial score (nSPS) is 13.0. The molecule has 0 saturated heterocycles. The summed E-state index contributed by atoms with van der Waals surface area (Å²) in [5.41, 5.74) is 0.755. The summed E-state index contributed by atoms with van der Waals surface area (Å²) in [4.78, 5) is 4.00. The Balaban J connectivity index is 2.75. The van der Waals surface area contributed by atoms with Crippen molar-refractivity contribution < 1.29 is 5.11 Å². The van der Waals surface area contributed by atoms with E-state index in [1.807, 2.05) is 25.1 Å². The van der Waals surface area contributed by atoms with E-state index in [0.717, 1.165) is 12.1 Å². The highest BCUT2D eigenvalue weighted by Crippen LogP contribution is 2.11. The topological polar surface area (TPSA) is 33.1 Å². The zero-order chi connectivity index (χ0) is 7.40. The molecule has 0 amide bonds. The molecule has 0 aliphatic carbocycles. The first-order valence-electron chi connectivity index (χ1n) is 3.43. The quantitative estimate of drug-likeness (QED) is 0.670. The fraction of sp³-hybridized carbons (Fsp3) is 0.375. The van der Waals surface area contributed by atoms with Crippen LogP contribution < -0.4 is 0 Å². The monoisotopic (exact) mass is 137 g/mol. The van der Waals surface area contributed by atoms with Gasteiger partial charge < -0.3 is 5.11 Å². The van der Waals surface area contributed by atoms with E-state index in [0.29, 0.717) is 0 Å². The summed E-state index contributed by atoms with van der Waals surface area (Å²) in [6, 6.07) is 5.54. The van der Waals surface area contributed by atoms with E-state index in [1.54, 1.807) is 6.20 Å². The third-order valence-corrected chi connectivity index (χ3v) is 1.42. The zero-order valence-corrected chi connectivity index (χ0v) is 5.99. The van der Waals surface area contributed by atoms with Crippen LogP contribution in [0.2, 0.25) is 0 Å². The van der Waals surface area contributed by atoms with Crippen LogP contribution in [0.1, 0.15) is 25.1 Å². The molecule has 54 valence electrons. The van der Waals surface area contributed by atoms with Gasteiger partial charge in [-0.3, -0.25) is 4.98 Å². The molecule has 0 bridgehead atoms. The molecule has 0 saturated carbocycles. The fourth-order valence-corrected chi connectivity index (χ4v) is 0.782. The van der Waals surface area contributed by atoms with E-state index >= 15 is 0 Å². The molecule has 0 aliphatic rings. The Hall–Kier alpha value is -0.890. The average Bonchev–Trinajstić information content (AvgIpc) is 2.05. The van der Waals surface area contributed by atoms with Gasteiger partial charge in [0.15, 0.2) is 0 Å². The van der Waals surface area contributed by atoms with Gasteiger partial charge in [0.05, 0.1) is 11.8 Å². The van der Waals surface area contributed by atoms with E-state index in [4.69, 9.17) is 0 Å². The molecule has 0 spiro atoms. The average molecular weight is 137 g/mol. The summed E-state index contributed by atoms with van der Waals surface area (Å²) in [5.74, 6) is 0. The lowest BCUT2D eigenvalue weighted by atomic mass is 10.2. The minimum Gasteiger partial charge on any atom is -0.387 e. The number of pyridine rings is 1. The van der Waals surface area contributed by atoms with Gasteiger partial charge in [0.1, 0.15) is 0 Å². The maximum Gasteiger partial charge on any atom is 0.0957 e. The Bertz CT molecular complexity index is 186. The Morgan fingerprint density at radius 1 is 1.60 bits per heavy atom. The molecule has 1 aromatic rings. The van der Waals surface area contributed by atoms with Gasteiger partial charge in [-0.05, 0) is 18.6 Å². The Labute approximate surface area is 60.5 Å². The molecule has 2 heteroatoms. The fourth-order valence-electron chi connectivity index (χ4n) is 0.782. The number of nitrogens with zero attached hydrogens (tertiary/aromatic N) is 1. The molecule has 1 N–H and O–H groups in total. The number of rotatable bonds is 2. The van der Waals surface area contributed by atoms with Crippen LogP contribution in [0.4, 0.5) is 0 Å². The molecule has 1 rings (SSSR count). The highest BCUT2D eigenvalue weighted by Gasteiger charge is 2.02. The Kier molecular flexibility index (Phi) is 2.40. The molecule has 0 aliphatic heterocycles. The second-order valence-corrected chi connectivity index (χ2v) is 2.18. The number of hydrogen-bond acceptors (Lipinski definition) is 2. The maximum absolute atomic E-state index is 9.27. The van der Waals surface area contributed by atoms with Crippen molar-refractivity contribution in [1.29, 1.82) is 0 Å². The summed E-state index contributed by atoms with van der Waals surface area (Å²) in [5, 5.41) is 9.27. The van der Waals surface area contributed by atoms with Crippen molar-refractivity contribution in [2.45, 2.75) is 19.4 Å². The van der Waals surface area contributed by atoms with Gasteiger partial charge >= 0.3 is 0 Å². The zero-order valence-electron chi connectivity index (χ0n) is 5.99. The van der Waals surface area contributed by atoms with Crippen LogP contribution in [0.5, 0.6) is 0 Å². The molecule has 1 aromatic heterocycles. The highest BCUT2D eigenvalue weighted by molar-refractivity contribution is 5.05. The molecular weight excluding hydrogens is 126 g/mol. The van der Waals surface area contributed by atoms with Gasteiger partial charge in [0.2, 0.25) is 0 Å². The van der Waals surface area contributed by atoms with Crippen molar-refractivity contribution in [3.63, 3.8) is 0 Å². The molecule has 1 heterocycles. The van der Waals surface area contributed by atoms with Gasteiger partial charge in [0.25, 0.3) is 0 Å². The standard InChI is InChI=1S/C8H11NO/c1-2-8(10)7-5-3-4-6-9-7/h3-6,8,10H,2H2,1H3/t8-/m0/s1. The van der Waals surface area contributed by atoms with Crippen molar-refractivity contribution in [3.05, 3.63) is 30.1 Å². The van der Waals surface area contributed by atoms with E-state index < -0.39 is 6.10 Å². The first kappa shape index (κ1) is 7.22. The van der Waals surface area contributed by atoms with Crippen LogP contribution in [0.15, 0.2) is 24.4 Å². The summed E-state index contributed by atoms with van der Waals surface area (Å²) < 4.78 is 0. The van der Waals surface area contributed by atoms with E-state index in [1.165, 1.54) is 0 Å². The lowest BCUT2D eigenvalue weighted by Gasteiger charge is -2.04. The van der Waals surface area contributed by atoms with Crippen LogP contribution in [-0.2, 0) is 0 Å². The summed E-state index contributed by atoms with van der Waals surface area (Å²) in [6.07, 6.45) is 2.01. The summed E-state index contributed by atoms with van der Waals surface area (Å²) in [6.45, 7) is 1.93. The van der Waals surface area contributed by atoms with Gasteiger partial charge in [-0.1, -0.05) is 13.0 Å². The van der Waals surface area contributed by atoms with Gasteiger partial charge in [-0.25, -0.2) is 0 Å². The van der Waals surface area contributed by atoms with Crippen molar-refractivity contribution >= 4 is 0 Å². The van der Waals surface area contributed by atoms with Crippen LogP contribution in [0.25, 0.3) is 0 Å². The third kappa shape index (κ3) is 1.54. The van der Waals surface area contributed by atoms with Crippen LogP contribution >= 0.6 is 0 Å². The second-order valence-electron chi connectivity index (χ2n) is 2.18. The number of aliphatic hydroxyl groups excluding tert-OH is 1. The van der Waals surface area contributed by atoms with Crippen LogP contribution in [0.3, 0.4) is 0 Å². The SMILES string of the molecule is CC[C@H](O)c1ccccn1. The minimum atomic E-state index is -0.402. The smallest absolute Gasteiger partial charge is 0.0957 e. The van der Waals surface area contributed by atoms with Crippen molar-refractivity contribution in [1.82, 2.24) is 4.98 Å². The van der Waals surface area contributed by atoms with Crippen LogP contribution in [-0.4, -0.2) is 10.1 Å². The molecule has 0 radical (unpaired) electrons. The molecular formula is C8H11NO. The van der Waals surface area contributed by atoms with Gasteiger partial charge in [-0.15, -0.1) is 0 Å². The number of hydrogen-bond donors (Lipinski definition) is 1. The second kappa shape index (κ2) is 3.32. The predicted octanol–water partition coefficient (Wildman–Crippen LogP) is 1.52. The number of aromatic nitrogens is 1. The Morgan fingerprint density at radius 3 is 2.90 bits per heavy atom. The Morgan fingerprint density at radius 2 is 2.40 bits per heavy atom. The molecule has 10 heavy (non-hydrogen) atoms. The van der Waals surface area contributed by atoms with E-state index in [-0.39, 0.29) is 0 Å². The molecule has 0 aromatic carbocycles. The first-order valence-corrected chi connectivity index (χ1v) is 3.43. The molecule has 0 fully saturated rings. The largest absolute Gasteiger partial charge is 0.387 e. The number of aliphatic hydroxyl groups is 1. The van der Waals surface area contributed by atoms with Crippen LogP contribution in [0, 0.1) is 0 Å². The predicted molar refractivity (Wildman–Crippen MR) is 39.5 cm³/mol. The van der Waals surface area contributed by atoms with E-state index in [9.17, 15) is 5.11 Å². The van der Waals surface area contributed by atoms with Crippen molar-refractivity contribution in [2.75, 3.05) is 0 Å². The van der Waals surface area contributed by atoms with Crippen molar-refractivity contribution in [2.24, 2.45) is 0 Å². The lowest BCUT2D eigenvalue weighted by molar-refractivity contribution is 0.169. The molecule has 0 unspecified atom stereocenters.